The topological polar surface area (TPSA) is 18.5 Å². The second kappa shape index (κ2) is 5.30. The number of allylic oxidation sites excluding steroid dienone is 1. The lowest BCUT2D eigenvalue weighted by atomic mass is 10.4. The standard InChI is InChI=1S/C9H19N3/c1-3-4-5-10-12-8-6-11(2)7-9-12/h3-4,10H,5-9H2,1-2H3/b4-3+. The second-order valence-electron chi connectivity index (χ2n) is 3.22. The van der Waals surface area contributed by atoms with E-state index in [-0.39, 0.29) is 0 Å². The average Bonchev–Trinajstić information content (AvgIpc) is 2.09. The molecule has 0 saturated carbocycles. The van der Waals surface area contributed by atoms with Crippen LogP contribution < -0.4 is 5.43 Å². The number of likely N-dealkylation sites (N-methyl/N-ethyl adjacent to an activating group) is 1. The van der Waals surface area contributed by atoms with E-state index in [0.717, 1.165) is 19.6 Å². The van der Waals surface area contributed by atoms with Gasteiger partial charge in [0.15, 0.2) is 0 Å². The van der Waals surface area contributed by atoms with Crippen LogP contribution in [-0.4, -0.2) is 49.7 Å². The molecule has 0 radical (unpaired) electrons. The molecular formula is C9H19N3. The van der Waals surface area contributed by atoms with Crippen molar-refractivity contribution in [2.24, 2.45) is 0 Å². The Morgan fingerprint density at radius 3 is 2.50 bits per heavy atom. The van der Waals surface area contributed by atoms with E-state index in [1.54, 1.807) is 0 Å². The number of hydrogen-bond acceptors (Lipinski definition) is 3. The minimum absolute atomic E-state index is 0.959. The summed E-state index contributed by atoms with van der Waals surface area (Å²) in [6.07, 6.45) is 4.21. The molecule has 1 aliphatic heterocycles. The minimum atomic E-state index is 0.959. The van der Waals surface area contributed by atoms with E-state index >= 15 is 0 Å². The summed E-state index contributed by atoms with van der Waals surface area (Å²) in [6.45, 7) is 7.61. The highest BCUT2D eigenvalue weighted by Crippen LogP contribution is 1.94. The summed E-state index contributed by atoms with van der Waals surface area (Å²) in [5.74, 6) is 0. The molecule has 0 spiro atoms. The van der Waals surface area contributed by atoms with Crippen molar-refractivity contribution in [3.63, 3.8) is 0 Å². The van der Waals surface area contributed by atoms with E-state index in [1.807, 2.05) is 6.92 Å². The zero-order valence-corrected chi connectivity index (χ0v) is 8.08. The molecule has 1 rings (SSSR count). The van der Waals surface area contributed by atoms with Gasteiger partial charge in [-0.25, -0.2) is 5.01 Å². The van der Waals surface area contributed by atoms with Crippen molar-refractivity contribution in [2.75, 3.05) is 39.8 Å². The molecule has 0 atom stereocenters. The van der Waals surface area contributed by atoms with Gasteiger partial charge in [0, 0.05) is 32.7 Å². The van der Waals surface area contributed by atoms with E-state index in [1.165, 1.54) is 13.1 Å². The number of nitrogens with one attached hydrogen (secondary N) is 1. The van der Waals surface area contributed by atoms with Crippen molar-refractivity contribution < 1.29 is 0 Å². The molecule has 3 heteroatoms. The van der Waals surface area contributed by atoms with Gasteiger partial charge in [0.05, 0.1) is 0 Å². The summed E-state index contributed by atoms with van der Waals surface area (Å²) in [5.41, 5.74) is 3.36. The van der Waals surface area contributed by atoms with Crippen LogP contribution >= 0.6 is 0 Å². The lowest BCUT2D eigenvalue weighted by Crippen LogP contribution is -2.50. The van der Waals surface area contributed by atoms with Gasteiger partial charge >= 0.3 is 0 Å². The third-order valence-electron chi connectivity index (χ3n) is 2.17. The van der Waals surface area contributed by atoms with Crippen molar-refractivity contribution in [2.45, 2.75) is 6.92 Å². The van der Waals surface area contributed by atoms with E-state index in [2.05, 4.69) is 34.5 Å². The first-order valence-electron chi connectivity index (χ1n) is 4.61. The SMILES string of the molecule is C/C=C/CNN1CCN(C)CC1. The molecule has 70 valence electrons. The van der Waals surface area contributed by atoms with Crippen molar-refractivity contribution in [1.82, 2.24) is 15.3 Å². The van der Waals surface area contributed by atoms with E-state index in [9.17, 15) is 0 Å². The molecule has 0 aromatic rings. The van der Waals surface area contributed by atoms with Gasteiger partial charge in [0.1, 0.15) is 0 Å². The molecule has 1 aliphatic rings. The zero-order chi connectivity index (χ0) is 8.81. The predicted molar refractivity (Wildman–Crippen MR) is 51.9 cm³/mol. The Bertz CT molecular complexity index is 137. The van der Waals surface area contributed by atoms with Crippen LogP contribution in [0.1, 0.15) is 6.92 Å². The molecule has 3 nitrogen and oxygen atoms in total. The summed E-state index contributed by atoms with van der Waals surface area (Å²) in [6, 6.07) is 0. The highest BCUT2D eigenvalue weighted by molar-refractivity contribution is 4.79. The van der Waals surface area contributed by atoms with Crippen LogP contribution in [0.5, 0.6) is 0 Å². The molecular weight excluding hydrogens is 150 g/mol. The summed E-state index contributed by atoms with van der Waals surface area (Å²) in [5, 5.41) is 2.29. The molecule has 12 heavy (non-hydrogen) atoms. The highest BCUT2D eigenvalue weighted by atomic mass is 15.5. The first-order chi connectivity index (χ1) is 5.83. The van der Waals surface area contributed by atoms with Crippen LogP contribution in [-0.2, 0) is 0 Å². The van der Waals surface area contributed by atoms with Crippen molar-refractivity contribution >= 4 is 0 Å². The Morgan fingerprint density at radius 2 is 1.92 bits per heavy atom. The molecule has 0 unspecified atom stereocenters. The molecule has 0 aromatic carbocycles. The molecule has 1 saturated heterocycles. The fourth-order valence-electron chi connectivity index (χ4n) is 1.26. The maximum atomic E-state index is 3.36. The van der Waals surface area contributed by atoms with Gasteiger partial charge in [-0.1, -0.05) is 12.2 Å². The molecule has 0 aliphatic carbocycles. The lowest BCUT2D eigenvalue weighted by Gasteiger charge is -2.32. The minimum Gasteiger partial charge on any atom is -0.304 e. The van der Waals surface area contributed by atoms with Crippen molar-refractivity contribution in [3.8, 4) is 0 Å². The smallest absolute Gasteiger partial charge is 0.0283 e. The fraction of sp³-hybridized carbons (Fsp3) is 0.778. The zero-order valence-electron chi connectivity index (χ0n) is 8.08. The van der Waals surface area contributed by atoms with Gasteiger partial charge in [-0.2, -0.15) is 0 Å². The van der Waals surface area contributed by atoms with Crippen LogP contribution in [0.4, 0.5) is 0 Å². The maximum Gasteiger partial charge on any atom is 0.0283 e. The van der Waals surface area contributed by atoms with Gasteiger partial charge in [-0.15, -0.1) is 0 Å². The largest absolute Gasteiger partial charge is 0.304 e. The lowest BCUT2D eigenvalue weighted by molar-refractivity contribution is 0.110. The normalized spacial score (nSPS) is 22.2. The van der Waals surface area contributed by atoms with E-state index in [0.29, 0.717) is 0 Å². The maximum absolute atomic E-state index is 3.36. The summed E-state index contributed by atoms with van der Waals surface area (Å²) in [4.78, 5) is 2.36. The van der Waals surface area contributed by atoms with E-state index < -0.39 is 0 Å². The third kappa shape index (κ3) is 3.34. The van der Waals surface area contributed by atoms with Crippen molar-refractivity contribution in [1.29, 1.82) is 0 Å². The Hall–Kier alpha value is -0.380. The Labute approximate surface area is 75.0 Å². The average molecular weight is 169 g/mol. The number of nitrogens with zero attached hydrogens (tertiary/aromatic N) is 2. The molecule has 1 N–H and O–H groups in total. The quantitative estimate of drug-likeness (QED) is 0.614. The molecule has 1 fully saturated rings. The number of piperazine rings is 1. The third-order valence-corrected chi connectivity index (χ3v) is 2.17. The second-order valence-corrected chi connectivity index (χ2v) is 3.22. The monoisotopic (exact) mass is 169 g/mol. The molecule has 0 aromatic heterocycles. The summed E-state index contributed by atoms with van der Waals surface area (Å²) < 4.78 is 0. The first-order valence-corrected chi connectivity index (χ1v) is 4.61. The number of hydrazine groups is 1. The molecule has 1 heterocycles. The molecule has 0 bridgehead atoms. The fourth-order valence-corrected chi connectivity index (χ4v) is 1.26. The van der Waals surface area contributed by atoms with Crippen LogP contribution in [0.3, 0.4) is 0 Å². The van der Waals surface area contributed by atoms with Crippen LogP contribution in [0.2, 0.25) is 0 Å². The van der Waals surface area contributed by atoms with Gasteiger partial charge in [-0.05, 0) is 14.0 Å². The van der Waals surface area contributed by atoms with Crippen LogP contribution in [0.25, 0.3) is 0 Å². The van der Waals surface area contributed by atoms with Gasteiger partial charge in [-0.3, -0.25) is 5.43 Å². The predicted octanol–water partition coefficient (Wildman–Crippen LogP) is 0.315. The number of hydrogen-bond donors (Lipinski definition) is 1. The van der Waals surface area contributed by atoms with Gasteiger partial charge in [0.2, 0.25) is 0 Å². The van der Waals surface area contributed by atoms with Gasteiger partial charge < -0.3 is 4.90 Å². The van der Waals surface area contributed by atoms with E-state index in [4.69, 9.17) is 0 Å². The Kier molecular flexibility index (Phi) is 4.29. The van der Waals surface area contributed by atoms with Crippen LogP contribution in [0, 0.1) is 0 Å². The highest BCUT2D eigenvalue weighted by Gasteiger charge is 2.11. The Balaban J connectivity index is 2.09. The summed E-state index contributed by atoms with van der Waals surface area (Å²) in [7, 11) is 2.17. The first kappa shape index (κ1) is 9.71. The Morgan fingerprint density at radius 1 is 1.25 bits per heavy atom. The molecule has 0 amide bonds. The van der Waals surface area contributed by atoms with Gasteiger partial charge in [0.25, 0.3) is 0 Å². The van der Waals surface area contributed by atoms with Crippen molar-refractivity contribution in [3.05, 3.63) is 12.2 Å². The summed E-state index contributed by atoms with van der Waals surface area (Å²) >= 11 is 0. The van der Waals surface area contributed by atoms with Crippen LogP contribution in [0.15, 0.2) is 12.2 Å². The number of rotatable bonds is 3.